The molecule has 0 bridgehead atoms. The van der Waals surface area contributed by atoms with Crippen molar-refractivity contribution < 1.29 is 9.59 Å². The number of carbonyl (C=O) groups is 2. The fourth-order valence-corrected chi connectivity index (χ4v) is 3.15. The van der Waals surface area contributed by atoms with E-state index < -0.39 is 0 Å². The maximum absolute atomic E-state index is 10.5. The van der Waals surface area contributed by atoms with Crippen molar-refractivity contribution in [3.05, 3.63) is 65.2 Å². The van der Waals surface area contributed by atoms with Crippen molar-refractivity contribution in [3.63, 3.8) is 0 Å². The van der Waals surface area contributed by atoms with E-state index in [4.69, 9.17) is 0 Å². The Bertz CT molecular complexity index is 788. The Morgan fingerprint density at radius 3 is 2.40 bits per heavy atom. The maximum atomic E-state index is 10.5. The summed E-state index contributed by atoms with van der Waals surface area (Å²) in [7, 11) is 0. The van der Waals surface area contributed by atoms with Crippen LogP contribution in [0.2, 0.25) is 0 Å². The smallest absolute Gasteiger partial charge is 0.207 e. The predicted molar refractivity (Wildman–Crippen MR) is 94.2 cm³/mol. The predicted octanol–water partition coefficient (Wildman–Crippen LogP) is 1.93. The van der Waals surface area contributed by atoms with E-state index in [2.05, 4.69) is 26.7 Å². The minimum atomic E-state index is 0.193. The molecule has 0 aromatic carbocycles. The SMILES string of the molecule is O=CNCc1ccnc(C2=CCCC2c2cc(CNC=O)ccn2)c1. The van der Waals surface area contributed by atoms with Crippen molar-refractivity contribution in [1.29, 1.82) is 0 Å². The lowest BCUT2D eigenvalue weighted by molar-refractivity contribution is -0.110. The third-order valence-corrected chi connectivity index (χ3v) is 4.30. The summed E-state index contributed by atoms with van der Waals surface area (Å²) in [6.45, 7) is 0.984. The Balaban J connectivity index is 1.83. The van der Waals surface area contributed by atoms with Crippen molar-refractivity contribution in [1.82, 2.24) is 20.6 Å². The molecule has 0 saturated heterocycles. The molecule has 6 nitrogen and oxygen atoms in total. The molecule has 1 aliphatic rings. The van der Waals surface area contributed by atoms with Gasteiger partial charge in [0.25, 0.3) is 0 Å². The number of hydrogen-bond donors (Lipinski definition) is 2. The zero-order valence-electron chi connectivity index (χ0n) is 13.8. The fraction of sp³-hybridized carbons (Fsp3) is 0.263. The molecule has 1 atom stereocenters. The summed E-state index contributed by atoms with van der Waals surface area (Å²) in [5.41, 5.74) is 5.12. The number of aromatic nitrogens is 2. The topological polar surface area (TPSA) is 84.0 Å². The highest BCUT2D eigenvalue weighted by atomic mass is 16.1. The van der Waals surface area contributed by atoms with E-state index >= 15 is 0 Å². The quantitative estimate of drug-likeness (QED) is 0.722. The molecule has 2 aromatic heterocycles. The van der Waals surface area contributed by atoms with Gasteiger partial charge in [0, 0.05) is 37.1 Å². The molecule has 2 amide bonds. The van der Waals surface area contributed by atoms with Crippen LogP contribution in [-0.4, -0.2) is 22.8 Å². The van der Waals surface area contributed by atoms with Crippen LogP contribution in [0.15, 0.2) is 42.7 Å². The Labute approximate surface area is 146 Å². The van der Waals surface area contributed by atoms with Gasteiger partial charge in [-0.05, 0) is 53.8 Å². The van der Waals surface area contributed by atoms with Crippen LogP contribution in [-0.2, 0) is 22.7 Å². The molecule has 0 fully saturated rings. The van der Waals surface area contributed by atoms with Gasteiger partial charge in [-0.25, -0.2) is 0 Å². The van der Waals surface area contributed by atoms with E-state index in [9.17, 15) is 9.59 Å². The normalized spacial score (nSPS) is 16.2. The summed E-state index contributed by atoms with van der Waals surface area (Å²) in [5, 5.41) is 5.36. The molecule has 2 aromatic rings. The van der Waals surface area contributed by atoms with E-state index in [0.29, 0.717) is 25.9 Å². The molecule has 25 heavy (non-hydrogen) atoms. The summed E-state index contributed by atoms with van der Waals surface area (Å²) < 4.78 is 0. The van der Waals surface area contributed by atoms with Gasteiger partial charge in [0.2, 0.25) is 12.8 Å². The number of pyridine rings is 2. The van der Waals surface area contributed by atoms with Crippen LogP contribution < -0.4 is 10.6 Å². The highest BCUT2D eigenvalue weighted by molar-refractivity contribution is 5.71. The van der Waals surface area contributed by atoms with Gasteiger partial charge in [0.1, 0.15) is 0 Å². The van der Waals surface area contributed by atoms with Crippen LogP contribution in [0.4, 0.5) is 0 Å². The van der Waals surface area contributed by atoms with Crippen LogP contribution in [0.5, 0.6) is 0 Å². The van der Waals surface area contributed by atoms with E-state index in [0.717, 1.165) is 35.4 Å². The second-order valence-corrected chi connectivity index (χ2v) is 5.93. The first-order valence-corrected chi connectivity index (χ1v) is 8.26. The largest absolute Gasteiger partial charge is 0.355 e. The summed E-state index contributed by atoms with van der Waals surface area (Å²) in [5.74, 6) is 0.193. The van der Waals surface area contributed by atoms with Gasteiger partial charge in [-0.15, -0.1) is 0 Å². The minimum Gasteiger partial charge on any atom is -0.355 e. The van der Waals surface area contributed by atoms with Gasteiger partial charge in [0.05, 0.1) is 5.69 Å². The van der Waals surface area contributed by atoms with E-state index in [-0.39, 0.29) is 5.92 Å². The number of nitrogens with one attached hydrogen (secondary N) is 2. The van der Waals surface area contributed by atoms with Gasteiger partial charge in [-0.3, -0.25) is 19.6 Å². The Morgan fingerprint density at radius 2 is 1.68 bits per heavy atom. The molecule has 0 radical (unpaired) electrons. The third kappa shape index (κ3) is 4.09. The van der Waals surface area contributed by atoms with Crippen LogP contribution in [0, 0.1) is 0 Å². The highest BCUT2D eigenvalue weighted by Gasteiger charge is 2.24. The van der Waals surface area contributed by atoms with Gasteiger partial charge in [0.15, 0.2) is 0 Å². The maximum Gasteiger partial charge on any atom is 0.207 e. The molecule has 0 spiro atoms. The monoisotopic (exact) mass is 336 g/mol. The number of allylic oxidation sites excluding steroid dienone is 2. The molecule has 1 aliphatic carbocycles. The molecule has 0 saturated carbocycles. The average Bonchev–Trinajstić information content (AvgIpc) is 3.15. The summed E-state index contributed by atoms with van der Waals surface area (Å²) >= 11 is 0. The molecule has 1 unspecified atom stereocenters. The third-order valence-electron chi connectivity index (χ3n) is 4.30. The zero-order valence-corrected chi connectivity index (χ0v) is 13.8. The number of amides is 2. The Kier molecular flexibility index (Phi) is 5.51. The second-order valence-electron chi connectivity index (χ2n) is 5.93. The van der Waals surface area contributed by atoms with Gasteiger partial charge in [-0.1, -0.05) is 6.08 Å². The van der Waals surface area contributed by atoms with Crippen LogP contribution in [0.3, 0.4) is 0 Å². The molecular formula is C19H20N4O2. The lowest BCUT2D eigenvalue weighted by atomic mass is 9.93. The van der Waals surface area contributed by atoms with Gasteiger partial charge < -0.3 is 10.6 Å². The molecule has 3 rings (SSSR count). The molecule has 2 heterocycles. The number of carbonyl (C=O) groups excluding carboxylic acids is 2. The van der Waals surface area contributed by atoms with Gasteiger partial charge in [-0.2, -0.15) is 0 Å². The van der Waals surface area contributed by atoms with Crippen molar-refractivity contribution in [2.24, 2.45) is 0 Å². The average molecular weight is 336 g/mol. The van der Waals surface area contributed by atoms with Crippen LogP contribution >= 0.6 is 0 Å². The number of nitrogens with zero attached hydrogens (tertiary/aromatic N) is 2. The molecule has 6 heteroatoms. The summed E-state index contributed by atoms with van der Waals surface area (Å²) in [6, 6.07) is 7.85. The van der Waals surface area contributed by atoms with Crippen molar-refractivity contribution in [3.8, 4) is 0 Å². The second kappa shape index (κ2) is 8.19. The lowest BCUT2D eigenvalue weighted by Crippen LogP contribution is -2.11. The molecule has 128 valence electrons. The molecule has 2 N–H and O–H groups in total. The summed E-state index contributed by atoms with van der Waals surface area (Å²) in [4.78, 5) is 30.0. The first-order valence-electron chi connectivity index (χ1n) is 8.26. The Morgan fingerprint density at radius 1 is 1.00 bits per heavy atom. The first-order chi connectivity index (χ1) is 12.3. The van der Waals surface area contributed by atoms with Gasteiger partial charge >= 0.3 is 0 Å². The molecule has 0 aliphatic heterocycles. The fourth-order valence-electron chi connectivity index (χ4n) is 3.15. The van der Waals surface area contributed by atoms with E-state index in [1.807, 2.05) is 24.3 Å². The lowest BCUT2D eigenvalue weighted by Gasteiger charge is -2.16. The summed E-state index contributed by atoms with van der Waals surface area (Å²) in [6.07, 6.45) is 9.13. The van der Waals surface area contributed by atoms with Crippen LogP contribution in [0.25, 0.3) is 5.57 Å². The first kappa shape index (κ1) is 16.8. The van der Waals surface area contributed by atoms with E-state index in [1.165, 1.54) is 5.57 Å². The number of hydrogen-bond acceptors (Lipinski definition) is 4. The van der Waals surface area contributed by atoms with Crippen molar-refractivity contribution >= 4 is 18.4 Å². The van der Waals surface area contributed by atoms with E-state index in [1.54, 1.807) is 12.4 Å². The zero-order chi connectivity index (χ0) is 17.5. The number of rotatable bonds is 8. The molecular weight excluding hydrogens is 316 g/mol. The Hall–Kier alpha value is -3.02. The van der Waals surface area contributed by atoms with Crippen molar-refractivity contribution in [2.45, 2.75) is 31.8 Å². The van der Waals surface area contributed by atoms with Crippen molar-refractivity contribution in [2.75, 3.05) is 0 Å². The van der Waals surface area contributed by atoms with Crippen LogP contribution in [0.1, 0.15) is 41.3 Å². The standard InChI is InChI=1S/C19H20N4O2/c24-12-20-10-14-4-6-22-18(8-14)16-2-1-3-17(16)19-9-15(5-7-23-19)11-21-13-25/h2,4-9,12-13,17H,1,3,10-11H2,(H,20,24)(H,21,25). The minimum absolute atomic E-state index is 0.193. The highest BCUT2D eigenvalue weighted by Crippen LogP contribution is 2.39.